The highest BCUT2D eigenvalue weighted by Crippen LogP contribution is 2.30. The first-order chi connectivity index (χ1) is 6.13. The Kier molecular flexibility index (Phi) is 3.52. The number of rotatable bonds is 1. The number of hydrogen-bond acceptors (Lipinski definition) is 2. The van der Waals surface area contributed by atoms with Crippen molar-refractivity contribution in [1.82, 2.24) is 0 Å². The largest absolute Gasteiger partial charge is 0.458 e. The van der Waals surface area contributed by atoms with Crippen LogP contribution in [0.15, 0.2) is 11.6 Å². The molecule has 2 nitrogen and oxygen atoms in total. The van der Waals surface area contributed by atoms with Crippen LogP contribution in [-0.2, 0) is 9.53 Å². The van der Waals surface area contributed by atoms with E-state index < -0.39 is 0 Å². The third-order valence-corrected chi connectivity index (χ3v) is 2.63. The normalized spacial score (nSPS) is 31.8. The zero-order valence-electron chi connectivity index (χ0n) is 8.67. The van der Waals surface area contributed by atoms with E-state index in [1.807, 2.05) is 6.92 Å². The summed E-state index contributed by atoms with van der Waals surface area (Å²) in [6.07, 6.45) is 5.41. The Labute approximate surface area is 80.0 Å². The molecule has 0 N–H and O–H groups in total. The summed E-state index contributed by atoms with van der Waals surface area (Å²) in [5.41, 5.74) is 1.29. The van der Waals surface area contributed by atoms with Crippen LogP contribution >= 0.6 is 0 Å². The molecule has 0 aromatic rings. The summed E-state index contributed by atoms with van der Waals surface area (Å²) >= 11 is 0. The molecule has 0 bridgehead atoms. The monoisotopic (exact) mass is 182 g/mol. The number of ether oxygens (including phenoxy) is 1. The molecule has 0 aromatic carbocycles. The Morgan fingerprint density at radius 3 is 2.85 bits per heavy atom. The van der Waals surface area contributed by atoms with E-state index >= 15 is 0 Å². The Morgan fingerprint density at radius 1 is 1.62 bits per heavy atom. The lowest BCUT2D eigenvalue weighted by Gasteiger charge is -2.28. The lowest BCUT2D eigenvalue weighted by atomic mass is 9.84. The van der Waals surface area contributed by atoms with E-state index in [0.29, 0.717) is 5.92 Å². The molecule has 1 aliphatic rings. The summed E-state index contributed by atoms with van der Waals surface area (Å²) in [4.78, 5) is 10.8. The molecule has 13 heavy (non-hydrogen) atoms. The van der Waals surface area contributed by atoms with Gasteiger partial charge < -0.3 is 4.74 Å². The second-order valence-corrected chi connectivity index (χ2v) is 3.84. The molecule has 1 aliphatic carbocycles. The van der Waals surface area contributed by atoms with Gasteiger partial charge >= 0.3 is 5.97 Å². The van der Waals surface area contributed by atoms with Crippen molar-refractivity contribution >= 4 is 5.97 Å². The van der Waals surface area contributed by atoms with E-state index in [1.165, 1.54) is 18.9 Å². The molecule has 2 atom stereocenters. The summed E-state index contributed by atoms with van der Waals surface area (Å²) in [7, 11) is 0. The number of hydrogen-bond donors (Lipinski definition) is 0. The minimum Gasteiger partial charge on any atom is -0.458 e. The maximum Gasteiger partial charge on any atom is 0.303 e. The summed E-state index contributed by atoms with van der Waals surface area (Å²) in [5.74, 6) is 0.506. The van der Waals surface area contributed by atoms with Crippen LogP contribution in [0.3, 0.4) is 0 Å². The predicted molar refractivity (Wildman–Crippen MR) is 52.3 cm³/mol. The highest BCUT2D eigenvalue weighted by atomic mass is 16.5. The first-order valence-electron chi connectivity index (χ1n) is 4.95. The summed E-state index contributed by atoms with van der Waals surface area (Å²) in [6, 6.07) is 0. The van der Waals surface area contributed by atoms with Gasteiger partial charge in [0.15, 0.2) is 0 Å². The Bertz CT molecular complexity index is 218. The molecule has 74 valence electrons. The first-order valence-corrected chi connectivity index (χ1v) is 4.95. The van der Waals surface area contributed by atoms with Gasteiger partial charge in [0, 0.05) is 6.92 Å². The molecule has 0 radical (unpaired) electrons. The fourth-order valence-corrected chi connectivity index (χ4v) is 1.86. The highest BCUT2D eigenvalue weighted by Gasteiger charge is 2.24. The smallest absolute Gasteiger partial charge is 0.303 e. The van der Waals surface area contributed by atoms with E-state index in [0.717, 1.165) is 12.8 Å². The van der Waals surface area contributed by atoms with Gasteiger partial charge in [0.1, 0.15) is 6.10 Å². The lowest BCUT2D eigenvalue weighted by Crippen LogP contribution is -2.25. The second kappa shape index (κ2) is 4.45. The van der Waals surface area contributed by atoms with Crippen molar-refractivity contribution in [2.24, 2.45) is 5.92 Å². The highest BCUT2D eigenvalue weighted by molar-refractivity contribution is 5.66. The Morgan fingerprint density at radius 2 is 2.31 bits per heavy atom. The molecular formula is C11H18O2. The van der Waals surface area contributed by atoms with E-state index in [2.05, 4.69) is 13.0 Å². The topological polar surface area (TPSA) is 26.3 Å². The molecule has 0 saturated heterocycles. The Hall–Kier alpha value is -0.790. The van der Waals surface area contributed by atoms with E-state index in [-0.39, 0.29) is 12.1 Å². The molecule has 0 spiro atoms. The van der Waals surface area contributed by atoms with Gasteiger partial charge in [0.05, 0.1) is 0 Å². The van der Waals surface area contributed by atoms with Gasteiger partial charge in [0.2, 0.25) is 0 Å². The molecular weight excluding hydrogens is 164 g/mol. The van der Waals surface area contributed by atoms with Crippen LogP contribution < -0.4 is 0 Å². The first kappa shape index (κ1) is 10.3. The summed E-state index contributed by atoms with van der Waals surface area (Å²) in [5, 5.41) is 0. The second-order valence-electron chi connectivity index (χ2n) is 3.84. The van der Waals surface area contributed by atoms with Crippen molar-refractivity contribution in [1.29, 1.82) is 0 Å². The number of carbonyl (C=O) groups excluding carboxylic acids is 1. The third kappa shape index (κ3) is 2.87. The number of esters is 1. The SMILES string of the molecule is C/C=C1/CC[C@H](C)C[C@H]1OC(C)=O. The molecule has 1 saturated carbocycles. The minimum absolute atomic E-state index is 0.0475. The maximum absolute atomic E-state index is 10.8. The molecule has 1 fully saturated rings. The summed E-state index contributed by atoms with van der Waals surface area (Å²) < 4.78 is 5.26. The third-order valence-electron chi connectivity index (χ3n) is 2.63. The molecule has 1 rings (SSSR count). The van der Waals surface area contributed by atoms with Gasteiger partial charge in [-0.2, -0.15) is 0 Å². The van der Waals surface area contributed by atoms with Gasteiger partial charge in [-0.15, -0.1) is 0 Å². The van der Waals surface area contributed by atoms with Gasteiger partial charge in [-0.1, -0.05) is 13.0 Å². The van der Waals surface area contributed by atoms with Crippen LogP contribution in [0.25, 0.3) is 0 Å². The Balaban J connectivity index is 2.60. The van der Waals surface area contributed by atoms with Crippen LogP contribution in [0.5, 0.6) is 0 Å². The van der Waals surface area contributed by atoms with Crippen LogP contribution in [0.4, 0.5) is 0 Å². The summed E-state index contributed by atoms with van der Waals surface area (Å²) in [6.45, 7) is 5.71. The average molecular weight is 182 g/mol. The van der Waals surface area contributed by atoms with Gasteiger partial charge in [-0.3, -0.25) is 4.79 Å². The van der Waals surface area contributed by atoms with E-state index in [9.17, 15) is 4.79 Å². The number of carbonyl (C=O) groups is 1. The van der Waals surface area contributed by atoms with Crippen molar-refractivity contribution in [2.75, 3.05) is 0 Å². The zero-order valence-corrected chi connectivity index (χ0v) is 8.67. The average Bonchev–Trinajstić information content (AvgIpc) is 2.03. The fraction of sp³-hybridized carbons (Fsp3) is 0.727. The molecule has 0 aromatic heterocycles. The van der Waals surface area contributed by atoms with E-state index in [1.54, 1.807) is 0 Å². The molecule has 0 amide bonds. The van der Waals surface area contributed by atoms with E-state index in [4.69, 9.17) is 4.74 Å². The van der Waals surface area contributed by atoms with Crippen molar-refractivity contribution < 1.29 is 9.53 Å². The minimum atomic E-state index is -0.168. The molecule has 0 aliphatic heterocycles. The van der Waals surface area contributed by atoms with Crippen molar-refractivity contribution in [3.63, 3.8) is 0 Å². The quantitative estimate of drug-likeness (QED) is 0.460. The van der Waals surface area contributed by atoms with Crippen molar-refractivity contribution in [2.45, 2.75) is 46.1 Å². The van der Waals surface area contributed by atoms with Crippen LogP contribution in [0.1, 0.15) is 40.0 Å². The van der Waals surface area contributed by atoms with Gasteiger partial charge in [-0.25, -0.2) is 0 Å². The standard InChI is InChI=1S/C11H18O2/c1-4-10-6-5-8(2)7-11(10)13-9(3)12/h4,8,11H,5-7H2,1-3H3/b10-4-/t8-,11+/m0/s1. The van der Waals surface area contributed by atoms with Crippen LogP contribution in [0, 0.1) is 5.92 Å². The van der Waals surface area contributed by atoms with Gasteiger partial charge in [0.25, 0.3) is 0 Å². The predicted octanol–water partition coefficient (Wildman–Crippen LogP) is 2.68. The maximum atomic E-state index is 10.8. The van der Waals surface area contributed by atoms with Crippen molar-refractivity contribution in [3.8, 4) is 0 Å². The fourth-order valence-electron chi connectivity index (χ4n) is 1.86. The van der Waals surface area contributed by atoms with Crippen LogP contribution in [-0.4, -0.2) is 12.1 Å². The zero-order chi connectivity index (χ0) is 9.84. The van der Waals surface area contributed by atoms with Crippen LogP contribution in [0.2, 0.25) is 0 Å². The van der Waals surface area contributed by atoms with Gasteiger partial charge in [-0.05, 0) is 37.7 Å². The lowest BCUT2D eigenvalue weighted by molar-refractivity contribution is -0.145. The van der Waals surface area contributed by atoms with Crippen molar-refractivity contribution in [3.05, 3.63) is 11.6 Å². The molecule has 0 unspecified atom stereocenters. The number of allylic oxidation sites excluding steroid dienone is 1. The molecule has 0 heterocycles. The molecule has 2 heteroatoms.